The molecule has 0 atom stereocenters. The molecule has 0 spiro atoms. The van der Waals surface area contributed by atoms with E-state index in [0.29, 0.717) is 12.5 Å². The van der Waals surface area contributed by atoms with Gasteiger partial charge in [0.15, 0.2) is 0 Å². The number of aromatic nitrogens is 2. The molecule has 0 unspecified atom stereocenters. The van der Waals surface area contributed by atoms with Crippen molar-refractivity contribution in [2.75, 3.05) is 19.7 Å². The van der Waals surface area contributed by atoms with Crippen molar-refractivity contribution in [2.24, 2.45) is 5.92 Å². The number of benzene rings is 1. The first kappa shape index (κ1) is 13.3. The van der Waals surface area contributed by atoms with Crippen LogP contribution in [-0.4, -0.2) is 29.5 Å². The van der Waals surface area contributed by atoms with Gasteiger partial charge < -0.3 is 10.1 Å². The fourth-order valence-electron chi connectivity index (χ4n) is 2.55. The second-order valence-electron chi connectivity index (χ2n) is 5.34. The van der Waals surface area contributed by atoms with E-state index in [1.54, 1.807) is 0 Å². The van der Waals surface area contributed by atoms with Gasteiger partial charge in [0, 0.05) is 18.4 Å². The van der Waals surface area contributed by atoms with Gasteiger partial charge in [-0.25, -0.2) is 4.68 Å². The lowest BCUT2D eigenvalue weighted by Crippen LogP contribution is -2.29. The summed E-state index contributed by atoms with van der Waals surface area (Å²) in [6.07, 6.45) is 6.37. The van der Waals surface area contributed by atoms with Crippen LogP contribution in [0, 0.1) is 5.92 Å². The zero-order valence-corrected chi connectivity index (χ0v) is 11.7. The lowest BCUT2D eigenvalue weighted by Gasteiger charge is -2.22. The number of hydrogen-bond acceptors (Lipinski definition) is 3. The number of nitrogens with zero attached hydrogens (tertiary/aromatic N) is 2. The number of piperidine rings is 1. The van der Waals surface area contributed by atoms with Crippen molar-refractivity contribution in [3.8, 4) is 5.69 Å². The van der Waals surface area contributed by atoms with Gasteiger partial charge >= 0.3 is 0 Å². The van der Waals surface area contributed by atoms with E-state index < -0.39 is 0 Å². The predicted molar refractivity (Wildman–Crippen MR) is 78.8 cm³/mol. The summed E-state index contributed by atoms with van der Waals surface area (Å²) in [7, 11) is 0. The summed E-state index contributed by atoms with van der Waals surface area (Å²) in [5.74, 6) is 0.709. The van der Waals surface area contributed by atoms with Crippen molar-refractivity contribution in [1.82, 2.24) is 15.1 Å². The molecule has 1 N–H and O–H groups in total. The first-order valence-corrected chi connectivity index (χ1v) is 7.29. The Hall–Kier alpha value is -1.65. The summed E-state index contributed by atoms with van der Waals surface area (Å²) in [5.41, 5.74) is 2.21. The maximum atomic E-state index is 5.83. The van der Waals surface area contributed by atoms with Crippen LogP contribution >= 0.6 is 0 Å². The second kappa shape index (κ2) is 6.68. The molecule has 1 aromatic carbocycles. The van der Waals surface area contributed by atoms with Crippen LogP contribution in [0.25, 0.3) is 5.69 Å². The van der Waals surface area contributed by atoms with Crippen LogP contribution in [0.3, 0.4) is 0 Å². The van der Waals surface area contributed by atoms with Crippen LogP contribution in [0.2, 0.25) is 0 Å². The third-order valence-electron chi connectivity index (χ3n) is 3.74. The standard InChI is InChI=1S/C16H21N3O/c1-2-4-16(5-3-1)19-11-15(10-18-19)13-20-12-14-6-8-17-9-7-14/h1-5,10-11,14,17H,6-9,12-13H2. The molecule has 20 heavy (non-hydrogen) atoms. The third-order valence-corrected chi connectivity index (χ3v) is 3.74. The van der Waals surface area contributed by atoms with E-state index in [4.69, 9.17) is 4.74 Å². The Kier molecular flexibility index (Phi) is 4.46. The fraction of sp³-hybridized carbons (Fsp3) is 0.438. The van der Waals surface area contributed by atoms with Crippen molar-refractivity contribution >= 4 is 0 Å². The molecule has 4 nitrogen and oxygen atoms in total. The number of ether oxygens (including phenoxy) is 1. The highest BCUT2D eigenvalue weighted by molar-refractivity contribution is 5.30. The summed E-state index contributed by atoms with van der Waals surface area (Å²) in [6.45, 7) is 3.76. The zero-order valence-electron chi connectivity index (χ0n) is 11.7. The van der Waals surface area contributed by atoms with Crippen LogP contribution in [0.5, 0.6) is 0 Å². The van der Waals surface area contributed by atoms with Gasteiger partial charge in [-0.2, -0.15) is 5.10 Å². The smallest absolute Gasteiger partial charge is 0.0747 e. The van der Waals surface area contributed by atoms with Gasteiger partial charge in [0.1, 0.15) is 0 Å². The molecule has 1 aliphatic rings. The van der Waals surface area contributed by atoms with Gasteiger partial charge in [-0.05, 0) is 44.0 Å². The molecule has 0 saturated carbocycles. The van der Waals surface area contributed by atoms with E-state index in [0.717, 1.165) is 30.9 Å². The Labute approximate surface area is 119 Å². The molecule has 0 radical (unpaired) electrons. The van der Waals surface area contributed by atoms with Gasteiger partial charge in [-0.1, -0.05) is 18.2 Å². The molecule has 106 valence electrons. The monoisotopic (exact) mass is 271 g/mol. The Bertz CT molecular complexity index is 518. The van der Waals surface area contributed by atoms with Gasteiger partial charge in [0.25, 0.3) is 0 Å². The maximum Gasteiger partial charge on any atom is 0.0747 e. The summed E-state index contributed by atoms with van der Waals surface area (Å²) >= 11 is 0. The van der Waals surface area contributed by atoms with Gasteiger partial charge in [-0.3, -0.25) is 0 Å². The third kappa shape index (κ3) is 3.46. The van der Waals surface area contributed by atoms with Gasteiger partial charge in [-0.15, -0.1) is 0 Å². The molecule has 0 amide bonds. The molecular formula is C16H21N3O. The van der Waals surface area contributed by atoms with Crippen LogP contribution in [0.15, 0.2) is 42.7 Å². The van der Waals surface area contributed by atoms with Crippen molar-refractivity contribution in [3.63, 3.8) is 0 Å². The second-order valence-corrected chi connectivity index (χ2v) is 5.34. The van der Waals surface area contributed by atoms with E-state index in [2.05, 4.69) is 10.4 Å². The minimum absolute atomic E-state index is 0.650. The van der Waals surface area contributed by atoms with E-state index in [1.165, 1.54) is 12.8 Å². The SMILES string of the molecule is c1ccc(-n2cc(COCC3CCNCC3)cn2)cc1. The number of rotatable bonds is 5. The molecule has 1 aliphatic heterocycles. The topological polar surface area (TPSA) is 39.1 Å². The highest BCUT2D eigenvalue weighted by Crippen LogP contribution is 2.13. The Morgan fingerprint density at radius 1 is 1.20 bits per heavy atom. The van der Waals surface area contributed by atoms with E-state index >= 15 is 0 Å². The lowest BCUT2D eigenvalue weighted by atomic mass is 9.99. The van der Waals surface area contributed by atoms with Crippen LogP contribution < -0.4 is 5.32 Å². The minimum atomic E-state index is 0.650. The average Bonchev–Trinajstić information content (AvgIpc) is 2.98. The highest BCUT2D eigenvalue weighted by atomic mass is 16.5. The quantitative estimate of drug-likeness (QED) is 0.907. The van der Waals surface area contributed by atoms with Crippen LogP contribution in [0.1, 0.15) is 18.4 Å². The summed E-state index contributed by atoms with van der Waals surface area (Å²) in [5, 5.41) is 7.75. The van der Waals surface area contributed by atoms with Crippen molar-refractivity contribution in [2.45, 2.75) is 19.4 Å². The molecule has 2 heterocycles. The first-order valence-electron chi connectivity index (χ1n) is 7.29. The molecule has 0 bridgehead atoms. The van der Waals surface area contributed by atoms with Crippen LogP contribution in [-0.2, 0) is 11.3 Å². The number of nitrogens with one attached hydrogen (secondary N) is 1. The molecule has 1 aromatic heterocycles. The maximum absolute atomic E-state index is 5.83. The fourth-order valence-corrected chi connectivity index (χ4v) is 2.55. The Morgan fingerprint density at radius 2 is 2.00 bits per heavy atom. The predicted octanol–water partition coefficient (Wildman–Crippen LogP) is 2.39. The normalized spacial score (nSPS) is 16.4. The molecule has 4 heteroatoms. The molecule has 0 aliphatic carbocycles. The van der Waals surface area contributed by atoms with E-state index in [9.17, 15) is 0 Å². The average molecular weight is 271 g/mol. The highest BCUT2D eigenvalue weighted by Gasteiger charge is 2.13. The summed E-state index contributed by atoms with van der Waals surface area (Å²) < 4.78 is 7.72. The molecule has 1 fully saturated rings. The number of para-hydroxylation sites is 1. The van der Waals surface area contributed by atoms with Gasteiger partial charge in [0.05, 0.1) is 18.5 Å². The van der Waals surface area contributed by atoms with E-state index in [1.807, 2.05) is 47.4 Å². The van der Waals surface area contributed by atoms with Crippen molar-refractivity contribution in [3.05, 3.63) is 48.3 Å². The summed E-state index contributed by atoms with van der Waals surface area (Å²) in [6, 6.07) is 10.1. The molecular weight excluding hydrogens is 250 g/mol. The lowest BCUT2D eigenvalue weighted by molar-refractivity contribution is 0.0763. The van der Waals surface area contributed by atoms with Crippen molar-refractivity contribution in [1.29, 1.82) is 0 Å². The Balaban J connectivity index is 1.50. The van der Waals surface area contributed by atoms with Crippen LogP contribution in [0.4, 0.5) is 0 Å². The van der Waals surface area contributed by atoms with Crippen molar-refractivity contribution < 1.29 is 4.74 Å². The molecule has 1 saturated heterocycles. The molecule has 2 aromatic rings. The van der Waals surface area contributed by atoms with E-state index in [-0.39, 0.29) is 0 Å². The van der Waals surface area contributed by atoms with Gasteiger partial charge in [0.2, 0.25) is 0 Å². The largest absolute Gasteiger partial charge is 0.376 e. The summed E-state index contributed by atoms with van der Waals surface area (Å²) in [4.78, 5) is 0. The Morgan fingerprint density at radius 3 is 2.80 bits per heavy atom. The number of hydrogen-bond donors (Lipinski definition) is 1. The first-order chi connectivity index (χ1) is 9.92. The zero-order chi connectivity index (χ0) is 13.6. The molecule has 3 rings (SSSR count). The minimum Gasteiger partial charge on any atom is -0.376 e.